The van der Waals surface area contributed by atoms with Gasteiger partial charge in [0.05, 0.1) is 11.8 Å². The maximum absolute atomic E-state index is 11.9. The average molecular weight is 348 g/mol. The van der Waals surface area contributed by atoms with Crippen LogP contribution in [0.2, 0.25) is 5.15 Å². The third-order valence-electron chi connectivity index (χ3n) is 3.05. The molecule has 1 saturated heterocycles. The van der Waals surface area contributed by atoms with E-state index in [0.29, 0.717) is 17.3 Å². The van der Waals surface area contributed by atoms with Gasteiger partial charge in [-0.3, -0.25) is 4.79 Å². The molecule has 1 amide bonds. The highest BCUT2D eigenvalue weighted by Crippen LogP contribution is 2.23. The molecule has 0 saturated carbocycles. The zero-order valence-corrected chi connectivity index (χ0v) is 12.8. The Balaban J connectivity index is 1.81. The summed E-state index contributed by atoms with van der Waals surface area (Å²) in [6.45, 7) is 0.813. The molecule has 1 aromatic heterocycles. The fourth-order valence-electron chi connectivity index (χ4n) is 2.05. The fourth-order valence-corrected chi connectivity index (χ4v) is 2.53. The monoisotopic (exact) mass is 346 g/mol. The van der Waals surface area contributed by atoms with Crippen molar-refractivity contribution in [2.45, 2.75) is 38.2 Å². The second-order valence-electron chi connectivity index (χ2n) is 4.57. The third kappa shape index (κ3) is 4.75. The summed E-state index contributed by atoms with van der Waals surface area (Å²) in [5.41, 5.74) is 0.533. The highest BCUT2D eigenvalue weighted by Gasteiger charge is 2.16. The Bertz CT molecular complexity index is 450. The van der Waals surface area contributed by atoms with E-state index in [4.69, 9.17) is 16.3 Å². The topological polar surface area (TPSA) is 51.2 Å². The lowest BCUT2D eigenvalue weighted by Gasteiger charge is -2.22. The van der Waals surface area contributed by atoms with Crippen LogP contribution in [0.5, 0.6) is 0 Å². The number of rotatable bonds is 4. The van der Waals surface area contributed by atoms with E-state index in [2.05, 4.69) is 26.2 Å². The number of ether oxygens (including phenoxy) is 1. The molecule has 104 valence electrons. The average Bonchev–Trinajstić information content (AvgIpc) is 2.42. The molecule has 4 nitrogen and oxygen atoms in total. The smallest absolute Gasteiger partial charge is 0.224 e. The van der Waals surface area contributed by atoms with E-state index in [1.807, 2.05) is 0 Å². The van der Waals surface area contributed by atoms with Gasteiger partial charge in [0.15, 0.2) is 5.15 Å². The van der Waals surface area contributed by atoms with E-state index in [9.17, 15) is 4.79 Å². The van der Waals surface area contributed by atoms with Crippen molar-refractivity contribution in [3.8, 4) is 0 Å². The minimum atomic E-state index is -0.0593. The number of nitrogens with zero attached hydrogens (tertiary/aromatic N) is 1. The number of hydrogen-bond acceptors (Lipinski definition) is 3. The van der Waals surface area contributed by atoms with Crippen molar-refractivity contribution in [1.82, 2.24) is 4.98 Å². The highest BCUT2D eigenvalue weighted by atomic mass is 79.9. The zero-order valence-electron chi connectivity index (χ0n) is 10.5. The van der Waals surface area contributed by atoms with Gasteiger partial charge in [-0.05, 0) is 47.7 Å². The van der Waals surface area contributed by atoms with Crippen LogP contribution in [-0.2, 0) is 9.53 Å². The number of hydrogen-bond donors (Lipinski definition) is 1. The Labute approximate surface area is 126 Å². The van der Waals surface area contributed by atoms with Crippen molar-refractivity contribution < 1.29 is 9.53 Å². The quantitative estimate of drug-likeness (QED) is 0.843. The second-order valence-corrected chi connectivity index (χ2v) is 5.84. The minimum Gasteiger partial charge on any atom is -0.378 e. The van der Waals surface area contributed by atoms with Crippen LogP contribution in [0.4, 0.5) is 5.69 Å². The Morgan fingerprint density at radius 2 is 2.42 bits per heavy atom. The van der Waals surface area contributed by atoms with Crippen LogP contribution in [0.15, 0.2) is 16.7 Å². The number of pyridine rings is 1. The number of anilines is 1. The number of carbonyl (C=O) groups excluding carboxylic acids is 1. The van der Waals surface area contributed by atoms with Crippen molar-refractivity contribution in [3.63, 3.8) is 0 Å². The van der Waals surface area contributed by atoms with Crippen molar-refractivity contribution >= 4 is 39.1 Å². The lowest BCUT2D eigenvalue weighted by atomic mass is 10.0. The van der Waals surface area contributed by atoms with E-state index < -0.39 is 0 Å². The molecule has 0 radical (unpaired) electrons. The molecule has 2 heterocycles. The Morgan fingerprint density at radius 1 is 1.58 bits per heavy atom. The molecule has 0 spiro atoms. The van der Waals surface area contributed by atoms with Crippen molar-refractivity contribution in [3.05, 3.63) is 21.9 Å². The van der Waals surface area contributed by atoms with Crippen LogP contribution in [0, 0.1) is 0 Å². The van der Waals surface area contributed by atoms with E-state index in [1.165, 1.54) is 6.42 Å². The van der Waals surface area contributed by atoms with Gasteiger partial charge in [-0.2, -0.15) is 0 Å². The van der Waals surface area contributed by atoms with Crippen LogP contribution in [0.3, 0.4) is 0 Å². The maximum Gasteiger partial charge on any atom is 0.224 e. The van der Waals surface area contributed by atoms with Gasteiger partial charge in [-0.1, -0.05) is 11.6 Å². The number of aromatic nitrogens is 1. The Hall–Kier alpha value is -0.650. The largest absolute Gasteiger partial charge is 0.378 e. The van der Waals surface area contributed by atoms with Gasteiger partial charge in [0.25, 0.3) is 0 Å². The highest BCUT2D eigenvalue weighted by molar-refractivity contribution is 9.10. The number of nitrogens with one attached hydrogen (secondary N) is 1. The van der Waals surface area contributed by atoms with Gasteiger partial charge < -0.3 is 10.1 Å². The molecule has 1 aliphatic heterocycles. The molecule has 19 heavy (non-hydrogen) atoms. The molecule has 0 bridgehead atoms. The van der Waals surface area contributed by atoms with Gasteiger partial charge in [-0.15, -0.1) is 0 Å². The van der Waals surface area contributed by atoms with E-state index in [0.717, 1.165) is 30.3 Å². The van der Waals surface area contributed by atoms with Gasteiger partial charge >= 0.3 is 0 Å². The standard InChI is InChI=1S/C13H16BrClN2O2/c14-9-7-11(13(15)16-8-9)17-12(18)5-4-10-3-1-2-6-19-10/h7-8,10H,1-6H2,(H,17,18). The lowest BCUT2D eigenvalue weighted by molar-refractivity contribution is -0.117. The van der Waals surface area contributed by atoms with E-state index >= 15 is 0 Å². The summed E-state index contributed by atoms with van der Waals surface area (Å²) >= 11 is 9.21. The summed E-state index contributed by atoms with van der Waals surface area (Å²) < 4.78 is 6.38. The fraction of sp³-hybridized carbons (Fsp3) is 0.538. The molecule has 0 aliphatic carbocycles. The summed E-state index contributed by atoms with van der Waals surface area (Å²) in [5, 5.41) is 3.07. The first kappa shape index (κ1) is 14.8. The molecule has 1 aromatic rings. The third-order valence-corrected chi connectivity index (χ3v) is 3.78. The zero-order chi connectivity index (χ0) is 13.7. The van der Waals surface area contributed by atoms with Gasteiger partial charge in [0, 0.05) is 23.7 Å². The Kier molecular flexibility index (Phi) is 5.60. The second kappa shape index (κ2) is 7.22. The molecule has 1 unspecified atom stereocenters. The van der Waals surface area contributed by atoms with Crippen LogP contribution in [0.1, 0.15) is 32.1 Å². The minimum absolute atomic E-state index is 0.0593. The number of halogens is 2. The predicted octanol–water partition coefficient (Wildman–Crippen LogP) is 3.79. The molecule has 0 aromatic carbocycles. The van der Waals surface area contributed by atoms with Crippen LogP contribution < -0.4 is 5.32 Å². The first-order valence-corrected chi connectivity index (χ1v) is 7.55. The lowest BCUT2D eigenvalue weighted by Crippen LogP contribution is -2.21. The maximum atomic E-state index is 11.9. The summed E-state index contributed by atoms with van der Waals surface area (Å²) in [5.74, 6) is -0.0593. The molecule has 2 rings (SSSR count). The molecule has 1 atom stereocenters. The normalized spacial score (nSPS) is 19.2. The first-order chi connectivity index (χ1) is 9.15. The summed E-state index contributed by atoms with van der Waals surface area (Å²) in [6, 6.07) is 1.74. The number of carbonyl (C=O) groups is 1. The number of amides is 1. The Morgan fingerprint density at radius 3 is 3.16 bits per heavy atom. The first-order valence-electron chi connectivity index (χ1n) is 6.37. The van der Waals surface area contributed by atoms with Crippen LogP contribution >= 0.6 is 27.5 Å². The van der Waals surface area contributed by atoms with Crippen molar-refractivity contribution in [2.75, 3.05) is 11.9 Å². The van der Waals surface area contributed by atoms with Crippen LogP contribution in [-0.4, -0.2) is 23.6 Å². The van der Waals surface area contributed by atoms with Crippen molar-refractivity contribution in [1.29, 1.82) is 0 Å². The van der Waals surface area contributed by atoms with Gasteiger partial charge in [-0.25, -0.2) is 4.98 Å². The molecular formula is C13H16BrClN2O2. The predicted molar refractivity (Wildman–Crippen MR) is 78.4 cm³/mol. The van der Waals surface area contributed by atoms with Crippen LogP contribution in [0.25, 0.3) is 0 Å². The molecule has 1 aliphatic rings. The van der Waals surface area contributed by atoms with Gasteiger partial charge in [0.1, 0.15) is 0 Å². The van der Waals surface area contributed by atoms with E-state index in [-0.39, 0.29) is 12.0 Å². The molecule has 1 fully saturated rings. The van der Waals surface area contributed by atoms with Gasteiger partial charge in [0.2, 0.25) is 5.91 Å². The summed E-state index contributed by atoms with van der Waals surface area (Å²) in [6.07, 6.45) is 6.37. The molecule has 6 heteroatoms. The molecular weight excluding hydrogens is 332 g/mol. The molecule has 1 N–H and O–H groups in total. The summed E-state index contributed by atoms with van der Waals surface area (Å²) in [4.78, 5) is 15.8. The summed E-state index contributed by atoms with van der Waals surface area (Å²) in [7, 11) is 0. The van der Waals surface area contributed by atoms with Crippen molar-refractivity contribution in [2.24, 2.45) is 0 Å². The SMILES string of the molecule is O=C(CCC1CCCCO1)Nc1cc(Br)cnc1Cl. The van der Waals surface area contributed by atoms with E-state index in [1.54, 1.807) is 12.3 Å².